The van der Waals surface area contributed by atoms with E-state index < -0.39 is 23.8 Å². The molecule has 7 nitrogen and oxygen atoms in total. The Morgan fingerprint density at radius 3 is 2.47 bits per heavy atom. The highest BCUT2D eigenvalue weighted by Crippen LogP contribution is 2.14. The van der Waals surface area contributed by atoms with E-state index in [0.717, 1.165) is 0 Å². The second-order valence-electron chi connectivity index (χ2n) is 4.20. The topological polar surface area (TPSA) is 123 Å². The van der Waals surface area contributed by atoms with Gasteiger partial charge in [-0.05, 0) is 26.3 Å². The van der Waals surface area contributed by atoms with E-state index in [4.69, 9.17) is 15.3 Å². The van der Waals surface area contributed by atoms with Gasteiger partial charge in [0.15, 0.2) is 0 Å². The SMILES string of the molecule is Cc1cc(C(=O)N[C@@H](CCC(N)=O)C(=O)O)c(C)o1. The van der Waals surface area contributed by atoms with Gasteiger partial charge in [-0.25, -0.2) is 4.79 Å². The Hall–Kier alpha value is -2.31. The maximum atomic E-state index is 11.9. The molecule has 7 heteroatoms. The van der Waals surface area contributed by atoms with Gasteiger partial charge in [0.25, 0.3) is 5.91 Å². The number of hydrogen-bond acceptors (Lipinski definition) is 4. The average molecular weight is 268 g/mol. The van der Waals surface area contributed by atoms with Gasteiger partial charge in [-0.3, -0.25) is 9.59 Å². The van der Waals surface area contributed by atoms with Gasteiger partial charge in [0.05, 0.1) is 5.56 Å². The molecule has 0 fully saturated rings. The molecule has 1 rings (SSSR count). The summed E-state index contributed by atoms with van der Waals surface area (Å²) in [6, 6.07) is 0.368. The highest BCUT2D eigenvalue weighted by molar-refractivity contribution is 5.97. The zero-order chi connectivity index (χ0) is 14.6. The molecule has 0 radical (unpaired) electrons. The normalized spacial score (nSPS) is 11.9. The lowest BCUT2D eigenvalue weighted by atomic mass is 10.1. The van der Waals surface area contributed by atoms with E-state index in [-0.39, 0.29) is 18.4 Å². The summed E-state index contributed by atoms with van der Waals surface area (Å²) in [5, 5.41) is 11.3. The van der Waals surface area contributed by atoms with Crippen LogP contribution in [0.15, 0.2) is 10.5 Å². The quantitative estimate of drug-likeness (QED) is 0.686. The molecule has 0 aromatic carbocycles. The van der Waals surface area contributed by atoms with E-state index in [9.17, 15) is 14.4 Å². The fourth-order valence-electron chi connectivity index (χ4n) is 1.64. The van der Waals surface area contributed by atoms with E-state index in [1.54, 1.807) is 13.8 Å². The number of aliphatic carboxylic acids is 1. The largest absolute Gasteiger partial charge is 0.480 e. The molecule has 2 amide bonds. The van der Waals surface area contributed by atoms with Crippen molar-refractivity contribution in [2.75, 3.05) is 0 Å². The number of carbonyl (C=O) groups excluding carboxylic acids is 2. The van der Waals surface area contributed by atoms with E-state index in [2.05, 4.69) is 5.32 Å². The summed E-state index contributed by atoms with van der Waals surface area (Å²) in [6.07, 6.45) is -0.160. The van der Waals surface area contributed by atoms with Crippen LogP contribution < -0.4 is 11.1 Å². The number of furan rings is 1. The third-order valence-electron chi connectivity index (χ3n) is 2.57. The van der Waals surface area contributed by atoms with Crippen LogP contribution in [0.5, 0.6) is 0 Å². The number of amides is 2. The minimum atomic E-state index is -1.22. The van der Waals surface area contributed by atoms with E-state index in [1.165, 1.54) is 6.07 Å². The number of primary amides is 1. The maximum absolute atomic E-state index is 11.9. The predicted octanol–water partition coefficient (Wildman–Crippen LogP) is 0.345. The van der Waals surface area contributed by atoms with Gasteiger partial charge < -0.3 is 20.6 Å². The first-order valence-corrected chi connectivity index (χ1v) is 5.70. The Morgan fingerprint density at radius 2 is 2.05 bits per heavy atom. The molecule has 0 unspecified atom stereocenters. The Balaban J connectivity index is 2.74. The lowest BCUT2D eigenvalue weighted by Crippen LogP contribution is -2.41. The summed E-state index contributed by atoms with van der Waals surface area (Å²) in [7, 11) is 0. The first-order chi connectivity index (χ1) is 8.81. The highest BCUT2D eigenvalue weighted by atomic mass is 16.4. The van der Waals surface area contributed by atoms with Crippen LogP contribution in [-0.4, -0.2) is 28.9 Å². The van der Waals surface area contributed by atoms with Crippen LogP contribution >= 0.6 is 0 Å². The lowest BCUT2D eigenvalue weighted by molar-refractivity contribution is -0.139. The zero-order valence-corrected chi connectivity index (χ0v) is 10.7. The summed E-state index contributed by atoms with van der Waals surface area (Å²) in [6.45, 7) is 3.30. The summed E-state index contributed by atoms with van der Waals surface area (Å²) >= 11 is 0. The van der Waals surface area contributed by atoms with Crippen molar-refractivity contribution in [1.82, 2.24) is 5.32 Å². The second kappa shape index (κ2) is 6.03. The van der Waals surface area contributed by atoms with Crippen molar-refractivity contribution in [3.8, 4) is 0 Å². The third-order valence-corrected chi connectivity index (χ3v) is 2.57. The van der Waals surface area contributed by atoms with Crippen molar-refractivity contribution in [3.63, 3.8) is 0 Å². The molecule has 0 saturated heterocycles. The van der Waals surface area contributed by atoms with Gasteiger partial charge >= 0.3 is 5.97 Å². The first kappa shape index (κ1) is 14.7. The highest BCUT2D eigenvalue weighted by Gasteiger charge is 2.23. The number of rotatable bonds is 6. The van der Waals surface area contributed by atoms with Crippen molar-refractivity contribution in [2.45, 2.75) is 32.7 Å². The van der Waals surface area contributed by atoms with E-state index in [1.807, 2.05) is 0 Å². The van der Waals surface area contributed by atoms with Crippen LogP contribution in [-0.2, 0) is 9.59 Å². The summed E-state index contributed by atoms with van der Waals surface area (Å²) in [5.74, 6) is -1.41. The van der Waals surface area contributed by atoms with Gasteiger partial charge in [0, 0.05) is 6.42 Å². The van der Waals surface area contributed by atoms with Crippen LogP contribution in [0.3, 0.4) is 0 Å². The van der Waals surface area contributed by atoms with E-state index in [0.29, 0.717) is 11.5 Å². The minimum absolute atomic E-state index is 0.0493. The Bertz CT molecular complexity index is 506. The molecule has 104 valence electrons. The molecular formula is C12H16N2O5. The number of hydrogen-bond donors (Lipinski definition) is 3. The predicted molar refractivity (Wildman–Crippen MR) is 65.5 cm³/mol. The van der Waals surface area contributed by atoms with Gasteiger partial charge in [0.1, 0.15) is 17.6 Å². The molecule has 0 aliphatic rings. The molecule has 0 aliphatic carbocycles. The van der Waals surface area contributed by atoms with Crippen LogP contribution in [0, 0.1) is 13.8 Å². The average Bonchev–Trinajstić information content (AvgIpc) is 2.62. The number of carboxylic acid groups (broad SMARTS) is 1. The smallest absolute Gasteiger partial charge is 0.326 e. The van der Waals surface area contributed by atoms with Gasteiger partial charge in [-0.2, -0.15) is 0 Å². The molecule has 0 aliphatic heterocycles. The summed E-state index contributed by atoms with van der Waals surface area (Å²) in [5.41, 5.74) is 5.23. The monoisotopic (exact) mass is 268 g/mol. The fraction of sp³-hybridized carbons (Fsp3) is 0.417. The zero-order valence-electron chi connectivity index (χ0n) is 10.7. The molecule has 1 heterocycles. The van der Waals surface area contributed by atoms with Gasteiger partial charge in [0.2, 0.25) is 5.91 Å². The van der Waals surface area contributed by atoms with Gasteiger partial charge in [-0.1, -0.05) is 0 Å². The van der Waals surface area contributed by atoms with Crippen LogP contribution in [0.1, 0.15) is 34.7 Å². The standard InChI is InChI=1S/C12H16N2O5/c1-6-5-8(7(2)19-6)11(16)14-9(12(17)18)3-4-10(13)15/h5,9H,3-4H2,1-2H3,(H2,13,15)(H,14,16)(H,17,18)/t9-/m0/s1. The molecular weight excluding hydrogens is 252 g/mol. The van der Waals surface area contributed by atoms with Crippen molar-refractivity contribution in [2.24, 2.45) is 5.73 Å². The third kappa shape index (κ3) is 4.13. The fourth-order valence-corrected chi connectivity index (χ4v) is 1.64. The van der Waals surface area contributed by atoms with Crippen LogP contribution in [0.4, 0.5) is 0 Å². The maximum Gasteiger partial charge on any atom is 0.326 e. The van der Waals surface area contributed by atoms with Crippen molar-refractivity contribution >= 4 is 17.8 Å². The molecule has 0 bridgehead atoms. The Labute approximate surface area is 109 Å². The lowest BCUT2D eigenvalue weighted by Gasteiger charge is -2.13. The molecule has 0 spiro atoms. The molecule has 19 heavy (non-hydrogen) atoms. The Morgan fingerprint density at radius 1 is 1.42 bits per heavy atom. The second-order valence-corrected chi connectivity index (χ2v) is 4.20. The molecule has 1 atom stereocenters. The minimum Gasteiger partial charge on any atom is -0.480 e. The number of carbonyl (C=O) groups is 3. The Kier molecular flexibility index (Phi) is 4.68. The number of carboxylic acids is 1. The molecule has 1 aromatic heterocycles. The molecule has 1 aromatic rings. The van der Waals surface area contributed by atoms with Crippen molar-refractivity contribution < 1.29 is 23.9 Å². The van der Waals surface area contributed by atoms with Crippen molar-refractivity contribution in [1.29, 1.82) is 0 Å². The number of nitrogens with one attached hydrogen (secondary N) is 1. The first-order valence-electron chi connectivity index (χ1n) is 5.70. The number of aryl methyl sites for hydroxylation is 2. The summed E-state index contributed by atoms with van der Waals surface area (Å²) < 4.78 is 5.19. The van der Waals surface area contributed by atoms with Crippen LogP contribution in [0.2, 0.25) is 0 Å². The number of nitrogens with two attached hydrogens (primary N) is 1. The van der Waals surface area contributed by atoms with Gasteiger partial charge in [-0.15, -0.1) is 0 Å². The summed E-state index contributed by atoms with van der Waals surface area (Å²) in [4.78, 5) is 33.5. The van der Waals surface area contributed by atoms with Crippen molar-refractivity contribution in [3.05, 3.63) is 23.2 Å². The van der Waals surface area contributed by atoms with Crippen LogP contribution in [0.25, 0.3) is 0 Å². The molecule has 4 N–H and O–H groups in total. The van der Waals surface area contributed by atoms with E-state index >= 15 is 0 Å². The molecule has 0 saturated carbocycles.